The summed E-state index contributed by atoms with van der Waals surface area (Å²) in [5.41, 5.74) is 5.70. The molecule has 37 heavy (non-hydrogen) atoms. The van der Waals surface area contributed by atoms with Crippen LogP contribution in [-0.4, -0.2) is 38.9 Å². The number of fused-ring (bicyclic) bond motifs is 1. The van der Waals surface area contributed by atoms with Crippen molar-refractivity contribution in [1.29, 1.82) is 0 Å². The number of aromatic nitrogens is 3. The molecule has 0 bridgehead atoms. The number of benzene rings is 3. The van der Waals surface area contributed by atoms with E-state index in [1.165, 1.54) is 5.56 Å². The Morgan fingerprint density at radius 3 is 2.68 bits per heavy atom. The van der Waals surface area contributed by atoms with Crippen LogP contribution in [-0.2, 0) is 6.54 Å². The van der Waals surface area contributed by atoms with Crippen molar-refractivity contribution in [3.63, 3.8) is 0 Å². The van der Waals surface area contributed by atoms with Crippen molar-refractivity contribution in [3.8, 4) is 22.6 Å². The maximum absolute atomic E-state index is 12.9. The SMILES string of the molecule is O=C(O)NCCOc1cccc(-n2c(=O)[nH]c3ccc(-c4cncc(NCc5ccccc5)c4)cc32)c1. The Kier molecular flexibility index (Phi) is 6.84. The van der Waals surface area contributed by atoms with Gasteiger partial charge in [-0.1, -0.05) is 42.5 Å². The standard InChI is InChI=1S/C28H25N5O4/c34-27-32-25-10-9-20(21-13-22(18-29-17-21)31-16-19-5-2-1-3-6-19)14-26(25)33(27)23-7-4-8-24(15-23)37-12-11-30-28(35)36/h1-10,13-15,17-18,30-31H,11-12,16H2,(H,32,34)(H,35,36). The largest absolute Gasteiger partial charge is 0.492 e. The van der Waals surface area contributed by atoms with E-state index in [0.29, 0.717) is 23.5 Å². The first-order chi connectivity index (χ1) is 18.1. The molecule has 9 nitrogen and oxygen atoms in total. The fourth-order valence-corrected chi connectivity index (χ4v) is 4.07. The van der Waals surface area contributed by atoms with Gasteiger partial charge in [-0.2, -0.15) is 0 Å². The highest BCUT2D eigenvalue weighted by Gasteiger charge is 2.12. The highest BCUT2D eigenvalue weighted by Crippen LogP contribution is 2.27. The molecule has 5 rings (SSSR count). The highest BCUT2D eigenvalue weighted by atomic mass is 16.5. The lowest BCUT2D eigenvalue weighted by Gasteiger charge is -2.10. The number of hydrogen-bond acceptors (Lipinski definition) is 5. The molecule has 0 aliphatic carbocycles. The number of carbonyl (C=O) groups is 1. The van der Waals surface area contributed by atoms with Crippen molar-refractivity contribution in [1.82, 2.24) is 19.9 Å². The third-order valence-electron chi connectivity index (χ3n) is 5.82. The fraction of sp³-hybridized carbons (Fsp3) is 0.107. The van der Waals surface area contributed by atoms with E-state index in [9.17, 15) is 9.59 Å². The summed E-state index contributed by atoms with van der Waals surface area (Å²) in [4.78, 5) is 30.8. The second kappa shape index (κ2) is 10.7. The number of carboxylic acid groups (broad SMARTS) is 1. The molecule has 2 heterocycles. The number of aromatic amines is 1. The minimum absolute atomic E-state index is 0.156. The van der Waals surface area contributed by atoms with Crippen molar-refractivity contribution < 1.29 is 14.6 Å². The maximum Gasteiger partial charge on any atom is 0.404 e. The van der Waals surface area contributed by atoms with Crippen LogP contribution in [0.5, 0.6) is 5.75 Å². The van der Waals surface area contributed by atoms with Gasteiger partial charge in [0.2, 0.25) is 0 Å². The van der Waals surface area contributed by atoms with Crippen molar-refractivity contribution in [3.05, 3.63) is 107 Å². The van der Waals surface area contributed by atoms with Gasteiger partial charge in [0.15, 0.2) is 0 Å². The number of ether oxygens (including phenoxy) is 1. The summed E-state index contributed by atoms with van der Waals surface area (Å²) < 4.78 is 7.23. The Labute approximate surface area is 212 Å². The van der Waals surface area contributed by atoms with Crippen LogP contribution >= 0.6 is 0 Å². The van der Waals surface area contributed by atoms with Gasteiger partial charge in [-0.25, -0.2) is 9.59 Å². The number of anilines is 1. The number of amides is 1. The van der Waals surface area contributed by atoms with Crippen LogP contribution in [0.3, 0.4) is 0 Å². The number of rotatable bonds is 9. The molecule has 0 aliphatic rings. The third kappa shape index (κ3) is 5.62. The summed E-state index contributed by atoms with van der Waals surface area (Å²) in [6.45, 7) is 1.01. The molecule has 0 unspecified atom stereocenters. The van der Waals surface area contributed by atoms with Crippen molar-refractivity contribution in [2.75, 3.05) is 18.5 Å². The molecule has 0 saturated carbocycles. The first-order valence-electron chi connectivity index (χ1n) is 11.7. The van der Waals surface area contributed by atoms with Crippen LogP contribution in [0, 0.1) is 0 Å². The summed E-state index contributed by atoms with van der Waals surface area (Å²) in [5.74, 6) is 0.531. The Morgan fingerprint density at radius 1 is 0.973 bits per heavy atom. The van der Waals surface area contributed by atoms with E-state index in [4.69, 9.17) is 9.84 Å². The lowest BCUT2D eigenvalue weighted by molar-refractivity contribution is 0.191. The molecular formula is C28H25N5O4. The fourth-order valence-electron chi connectivity index (χ4n) is 4.07. The molecular weight excluding hydrogens is 470 g/mol. The third-order valence-corrected chi connectivity index (χ3v) is 5.82. The van der Waals surface area contributed by atoms with Gasteiger partial charge in [0.05, 0.1) is 29.0 Å². The molecule has 0 radical (unpaired) electrons. The van der Waals surface area contributed by atoms with E-state index in [-0.39, 0.29) is 18.8 Å². The number of pyridine rings is 1. The second-order valence-corrected chi connectivity index (χ2v) is 8.38. The molecule has 0 saturated heterocycles. The van der Waals surface area contributed by atoms with Gasteiger partial charge >= 0.3 is 11.8 Å². The Morgan fingerprint density at radius 2 is 1.84 bits per heavy atom. The van der Waals surface area contributed by atoms with Crippen molar-refractivity contribution >= 4 is 22.8 Å². The highest BCUT2D eigenvalue weighted by molar-refractivity contribution is 5.84. The topological polar surface area (TPSA) is 121 Å². The van der Waals surface area contributed by atoms with Crippen LogP contribution in [0.25, 0.3) is 27.8 Å². The van der Waals surface area contributed by atoms with E-state index in [1.807, 2.05) is 48.5 Å². The van der Waals surface area contributed by atoms with Crippen molar-refractivity contribution in [2.45, 2.75) is 6.54 Å². The summed E-state index contributed by atoms with van der Waals surface area (Å²) in [7, 11) is 0. The molecule has 0 fully saturated rings. The van der Waals surface area contributed by atoms with Crippen LogP contribution in [0.1, 0.15) is 5.56 Å². The minimum Gasteiger partial charge on any atom is -0.492 e. The van der Waals surface area contributed by atoms with Gasteiger partial charge in [0.25, 0.3) is 0 Å². The molecule has 3 aromatic carbocycles. The first kappa shape index (κ1) is 23.7. The maximum atomic E-state index is 12.9. The molecule has 0 aliphatic heterocycles. The lowest BCUT2D eigenvalue weighted by Crippen LogP contribution is -2.26. The van der Waals surface area contributed by atoms with Crippen LogP contribution in [0.4, 0.5) is 10.5 Å². The Bertz CT molecular complexity index is 1590. The van der Waals surface area contributed by atoms with Gasteiger partial charge in [0, 0.05) is 30.6 Å². The zero-order valence-corrected chi connectivity index (χ0v) is 19.8. The molecule has 1 amide bonds. The summed E-state index contributed by atoms with van der Waals surface area (Å²) in [6.07, 6.45) is 2.48. The Balaban J connectivity index is 1.41. The van der Waals surface area contributed by atoms with Crippen LogP contribution in [0.2, 0.25) is 0 Å². The molecule has 9 heteroatoms. The van der Waals surface area contributed by atoms with Crippen LogP contribution in [0.15, 0.2) is 96.1 Å². The van der Waals surface area contributed by atoms with E-state index in [1.54, 1.807) is 35.2 Å². The molecule has 0 atom stereocenters. The molecule has 4 N–H and O–H groups in total. The normalized spacial score (nSPS) is 10.8. The number of H-pyrrole nitrogens is 1. The monoisotopic (exact) mass is 495 g/mol. The first-order valence-corrected chi connectivity index (χ1v) is 11.7. The van der Waals surface area contributed by atoms with E-state index in [2.05, 4.69) is 32.7 Å². The molecule has 186 valence electrons. The molecule has 2 aromatic heterocycles. The van der Waals surface area contributed by atoms with Gasteiger partial charge in [-0.15, -0.1) is 0 Å². The van der Waals surface area contributed by atoms with E-state index < -0.39 is 6.09 Å². The van der Waals surface area contributed by atoms with Crippen LogP contribution < -0.4 is 21.1 Å². The average Bonchev–Trinajstić information content (AvgIpc) is 3.25. The molecule has 0 spiro atoms. The zero-order valence-electron chi connectivity index (χ0n) is 19.8. The van der Waals surface area contributed by atoms with Gasteiger partial charge in [-0.3, -0.25) is 9.55 Å². The number of nitrogens with one attached hydrogen (secondary N) is 3. The predicted octanol–water partition coefficient (Wildman–Crippen LogP) is 4.64. The lowest BCUT2D eigenvalue weighted by atomic mass is 10.1. The number of imidazole rings is 1. The minimum atomic E-state index is -1.11. The zero-order chi connectivity index (χ0) is 25.6. The van der Waals surface area contributed by atoms with Gasteiger partial charge < -0.3 is 25.5 Å². The molecule has 5 aromatic rings. The predicted molar refractivity (Wildman–Crippen MR) is 142 cm³/mol. The summed E-state index contributed by atoms with van der Waals surface area (Å²) >= 11 is 0. The van der Waals surface area contributed by atoms with E-state index in [0.717, 1.165) is 22.3 Å². The van der Waals surface area contributed by atoms with E-state index >= 15 is 0 Å². The van der Waals surface area contributed by atoms with Gasteiger partial charge in [0.1, 0.15) is 12.4 Å². The number of hydrogen-bond donors (Lipinski definition) is 4. The van der Waals surface area contributed by atoms with Gasteiger partial charge in [-0.05, 0) is 41.5 Å². The second-order valence-electron chi connectivity index (χ2n) is 8.38. The summed E-state index contributed by atoms with van der Waals surface area (Å²) in [5, 5.41) is 14.4. The quantitative estimate of drug-likeness (QED) is 0.221. The number of nitrogens with zero attached hydrogens (tertiary/aromatic N) is 2. The summed E-state index contributed by atoms with van der Waals surface area (Å²) in [6, 6.07) is 25.1. The average molecular weight is 496 g/mol. The smallest absolute Gasteiger partial charge is 0.404 e. The van der Waals surface area contributed by atoms with Crippen molar-refractivity contribution in [2.24, 2.45) is 0 Å². The Hall–Kier alpha value is -5.05.